The summed E-state index contributed by atoms with van der Waals surface area (Å²) in [5, 5.41) is 12.3. The van der Waals surface area contributed by atoms with Gasteiger partial charge in [-0.2, -0.15) is 0 Å². The van der Waals surface area contributed by atoms with E-state index in [4.69, 9.17) is 5.73 Å². The minimum absolute atomic E-state index is 0.158. The predicted molar refractivity (Wildman–Crippen MR) is 67.9 cm³/mol. The molecule has 0 saturated heterocycles. The Balaban J connectivity index is 2.07. The summed E-state index contributed by atoms with van der Waals surface area (Å²) < 4.78 is 0. The molecule has 0 radical (unpaired) electrons. The molecule has 0 unspecified atom stereocenters. The molecule has 0 aliphatic carbocycles. The predicted octanol–water partition coefficient (Wildman–Crippen LogP) is 1.30. The van der Waals surface area contributed by atoms with Gasteiger partial charge in [0.05, 0.1) is 23.5 Å². The second-order valence-electron chi connectivity index (χ2n) is 3.75. The lowest BCUT2D eigenvalue weighted by Gasteiger charge is -2.07. The van der Waals surface area contributed by atoms with Crippen LogP contribution in [0.1, 0.15) is 16.1 Å². The fourth-order valence-electron chi connectivity index (χ4n) is 1.51. The van der Waals surface area contributed by atoms with Crippen LogP contribution in [0.3, 0.4) is 0 Å². The number of amides is 1. The Morgan fingerprint density at radius 1 is 1.28 bits per heavy atom. The number of aromatic nitrogens is 1. The number of carbonyl (C=O) groups is 1. The number of aromatic hydroxyl groups is 1. The molecule has 1 amide bonds. The van der Waals surface area contributed by atoms with E-state index in [0.29, 0.717) is 6.54 Å². The summed E-state index contributed by atoms with van der Waals surface area (Å²) in [4.78, 5) is 15.9. The van der Waals surface area contributed by atoms with Crippen LogP contribution < -0.4 is 11.1 Å². The van der Waals surface area contributed by atoms with Crippen molar-refractivity contribution < 1.29 is 9.90 Å². The van der Waals surface area contributed by atoms with Crippen LogP contribution >= 0.6 is 0 Å². The minimum Gasteiger partial charge on any atom is -0.505 e. The van der Waals surface area contributed by atoms with Gasteiger partial charge in [-0.15, -0.1) is 0 Å². The van der Waals surface area contributed by atoms with Gasteiger partial charge in [0.2, 0.25) is 0 Å². The maximum Gasteiger partial charge on any atom is 0.255 e. The molecule has 1 heterocycles. The fraction of sp³-hybridized carbons (Fsp3) is 0.0769. The summed E-state index contributed by atoms with van der Waals surface area (Å²) in [7, 11) is 0. The van der Waals surface area contributed by atoms with Gasteiger partial charge in [-0.05, 0) is 24.3 Å². The third-order valence-electron chi connectivity index (χ3n) is 2.47. The molecule has 0 atom stereocenters. The van der Waals surface area contributed by atoms with E-state index in [9.17, 15) is 9.90 Å². The molecule has 1 aromatic heterocycles. The number of benzene rings is 1. The van der Waals surface area contributed by atoms with Crippen molar-refractivity contribution in [2.24, 2.45) is 0 Å². The molecular weight excluding hydrogens is 230 g/mol. The second kappa shape index (κ2) is 5.18. The molecule has 0 spiro atoms. The summed E-state index contributed by atoms with van der Waals surface area (Å²) in [5.74, 6) is -0.582. The molecule has 2 aromatic rings. The first-order valence-electron chi connectivity index (χ1n) is 5.44. The van der Waals surface area contributed by atoms with Gasteiger partial charge in [0.1, 0.15) is 0 Å². The number of para-hydroxylation sites is 1. The van der Waals surface area contributed by atoms with E-state index in [-0.39, 0.29) is 22.9 Å². The standard InChI is InChI=1S/C13H13N3O2/c14-11-6-3-5-10(12(11)17)13(18)16-8-9-4-1-2-7-15-9/h1-7,17H,8,14H2,(H,16,18). The first-order valence-corrected chi connectivity index (χ1v) is 5.44. The lowest BCUT2D eigenvalue weighted by molar-refractivity contribution is 0.0948. The molecular formula is C13H13N3O2. The van der Waals surface area contributed by atoms with Gasteiger partial charge < -0.3 is 16.2 Å². The van der Waals surface area contributed by atoms with Crippen LogP contribution in [0, 0.1) is 0 Å². The summed E-state index contributed by atoms with van der Waals surface area (Å²) in [6.07, 6.45) is 1.65. The zero-order chi connectivity index (χ0) is 13.0. The van der Waals surface area contributed by atoms with Crippen molar-refractivity contribution in [2.45, 2.75) is 6.54 Å². The molecule has 1 aromatic carbocycles. The Morgan fingerprint density at radius 3 is 2.83 bits per heavy atom. The van der Waals surface area contributed by atoms with Gasteiger partial charge in [0, 0.05) is 6.20 Å². The van der Waals surface area contributed by atoms with Gasteiger partial charge in [0.15, 0.2) is 5.75 Å². The van der Waals surface area contributed by atoms with Crippen molar-refractivity contribution in [3.05, 3.63) is 53.9 Å². The van der Waals surface area contributed by atoms with Crippen LogP contribution in [0.15, 0.2) is 42.6 Å². The van der Waals surface area contributed by atoms with Gasteiger partial charge in [-0.25, -0.2) is 0 Å². The molecule has 2 rings (SSSR count). The Kier molecular flexibility index (Phi) is 3.43. The van der Waals surface area contributed by atoms with E-state index in [1.165, 1.54) is 12.1 Å². The Hall–Kier alpha value is -2.56. The first-order chi connectivity index (χ1) is 8.68. The number of nitrogen functional groups attached to an aromatic ring is 1. The highest BCUT2D eigenvalue weighted by Crippen LogP contribution is 2.24. The number of rotatable bonds is 3. The van der Waals surface area contributed by atoms with E-state index in [1.807, 2.05) is 6.07 Å². The summed E-state index contributed by atoms with van der Waals surface area (Å²) in [6, 6.07) is 10.1. The molecule has 4 N–H and O–H groups in total. The van der Waals surface area contributed by atoms with Crippen molar-refractivity contribution in [1.82, 2.24) is 10.3 Å². The molecule has 0 fully saturated rings. The Morgan fingerprint density at radius 2 is 2.11 bits per heavy atom. The highest BCUT2D eigenvalue weighted by atomic mass is 16.3. The number of carbonyl (C=O) groups excluding carboxylic acids is 1. The van der Waals surface area contributed by atoms with Gasteiger partial charge in [0.25, 0.3) is 5.91 Å². The van der Waals surface area contributed by atoms with Gasteiger partial charge >= 0.3 is 0 Å². The maximum atomic E-state index is 11.8. The van der Waals surface area contributed by atoms with Crippen molar-refractivity contribution in [3.63, 3.8) is 0 Å². The van der Waals surface area contributed by atoms with Crippen molar-refractivity contribution in [2.75, 3.05) is 5.73 Å². The quantitative estimate of drug-likeness (QED) is 0.560. The number of hydrogen-bond donors (Lipinski definition) is 3. The molecule has 0 aliphatic heterocycles. The number of phenols is 1. The third kappa shape index (κ3) is 2.57. The summed E-state index contributed by atoms with van der Waals surface area (Å²) in [6.45, 7) is 0.300. The zero-order valence-electron chi connectivity index (χ0n) is 9.63. The first kappa shape index (κ1) is 11.9. The Bertz CT molecular complexity index is 555. The Labute approximate surface area is 104 Å². The van der Waals surface area contributed by atoms with Crippen molar-refractivity contribution in [1.29, 1.82) is 0 Å². The van der Waals surface area contributed by atoms with Crippen molar-refractivity contribution >= 4 is 11.6 Å². The largest absolute Gasteiger partial charge is 0.505 e. The normalized spacial score (nSPS) is 10.0. The molecule has 5 heteroatoms. The number of phenolic OH excluding ortho intramolecular Hbond substituents is 1. The van der Waals surface area contributed by atoms with E-state index in [1.54, 1.807) is 24.4 Å². The number of nitrogens with one attached hydrogen (secondary N) is 1. The lowest BCUT2D eigenvalue weighted by atomic mass is 10.1. The molecule has 0 bridgehead atoms. The summed E-state index contributed by atoms with van der Waals surface area (Å²) in [5.41, 5.74) is 6.61. The fourth-order valence-corrected chi connectivity index (χ4v) is 1.51. The van der Waals surface area contributed by atoms with Crippen LogP contribution in [0.2, 0.25) is 0 Å². The van der Waals surface area contributed by atoms with Gasteiger partial charge in [-0.1, -0.05) is 12.1 Å². The monoisotopic (exact) mass is 243 g/mol. The molecule has 0 aliphatic rings. The number of nitrogens with two attached hydrogens (primary N) is 1. The van der Waals surface area contributed by atoms with Crippen LogP contribution in [-0.4, -0.2) is 16.0 Å². The number of hydrogen-bond acceptors (Lipinski definition) is 4. The number of pyridine rings is 1. The van der Waals surface area contributed by atoms with E-state index in [2.05, 4.69) is 10.3 Å². The van der Waals surface area contributed by atoms with Crippen LogP contribution in [0.25, 0.3) is 0 Å². The van der Waals surface area contributed by atoms with E-state index in [0.717, 1.165) is 5.69 Å². The zero-order valence-corrected chi connectivity index (χ0v) is 9.63. The van der Waals surface area contributed by atoms with Crippen LogP contribution in [0.4, 0.5) is 5.69 Å². The SMILES string of the molecule is Nc1cccc(C(=O)NCc2ccccn2)c1O. The smallest absolute Gasteiger partial charge is 0.255 e. The molecule has 5 nitrogen and oxygen atoms in total. The average Bonchev–Trinajstić information content (AvgIpc) is 2.40. The topological polar surface area (TPSA) is 88.2 Å². The molecule has 92 valence electrons. The highest BCUT2D eigenvalue weighted by Gasteiger charge is 2.12. The van der Waals surface area contributed by atoms with Crippen molar-refractivity contribution in [3.8, 4) is 5.75 Å². The maximum absolute atomic E-state index is 11.8. The molecule has 0 saturated carbocycles. The lowest BCUT2D eigenvalue weighted by Crippen LogP contribution is -2.23. The third-order valence-corrected chi connectivity index (χ3v) is 2.47. The highest BCUT2D eigenvalue weighted by molar-refractivity contribution is 5.98. The van der Waals surface area contributed by atoms with Crippen LogP contribution in [-0.2, 0) is 6.54 Å². The van der Waals surface area contributed by atoms with Crippen LogP contribution in [0.5, 0.6) is 5.75 Å². The average molecular weight is 243 g/mol. The van der Waals surface area contributed by atoms with Gasteiger partial charge in [-0.3, -0.25) is 9.78 Å². The second-order valence-corrected chi connectivity index (χ2v) is 3.75. The van der Waals surface area contributed by atoms with E-state index < -0.39 is 0 Å². The number of nitrogens with zero attached hydrogens (tertiary/aromatic N) is 1. The summed E-state index contributed by atoms with van der Waals surface area (Å²) >= 11 is 0. The number of anilines is 1. The minimum atomic E-state index is -0.384. The van der Waals surface area contributed by atoms with E-state index >= 15 is 0 Å². The molecule has 18 heavy (non-hydrogen) atoms.